The summed E-state index contributed by atoms with van der Waals surface area (Å²) >= 11 is 5.82. The first-order chi connectivity index (χ1) is 11.4. The first-order valence-electron chi connectivity index (χ1n) is 7.08. The van der Waals surface area contributed by atoms with Crippen LogP contribution in [0, 0.1) is 5.82 Å². The molecule has 0 bridgehead atoms. The van der Waals surface area contributed by atoms with Crippen LogP contribution in [0.1, 0.15) is 23.7 Å². The molecule has 0 saturated carbocycles. The van der Waals surface area contributed by atoms with Gasteiger partial charge in [-0.2, -0.15) is 5.10 Å². The number of anilines is 1. The van der Waals surface area contributed by atoms with Gasteiger partial charge in [0.15, 0.2) is 0 Å². The second-order valence-corrected chi connectivity index (χ2v) is 5.47. The van der Waals surface area contributed by atoms with Crippen LogP contribution < -0.4 is 10.7 Å². The molecule has 7 heteroatoms. The third kappa shape index (κ3) is 5.48. The smallest absolute Gasteiger partial charge is 0.271 e. The average Bonchev–Trinajstić information content (AvgIpc) is 2.54. The van der Waals surface area contributed by atoms with Crippen LogP contribution in [0.3, 0.4) is 0 Å². The van der Waals surface area contributed by atoms with Crippen LogP contribution in [0.15, 0.2) is 53.6 Å². The zero-order valence-electron chi connectivity index (χ0n) is 12.8. The Balaban J connectivity index is 1.87. The molecule has 5 nitrogen and oxygen atoms in total. The summed E-state index contributed by atoms with van der Waals surface area (Å²) in [5, 5.41) is 6.94. The van der Waals surface area contributed by atoms with E-state index in [0.29, 0.717) is 22.0 Å². The van der Waals surface area contributed by atoms with Gasteiger partial charge >= 0.3 is 0 Å². The number of hydrogen-bond donors (Lipinski definition) is 2. The molecule has 0 unspecified atom stereocenters. The van der Waals surface area contributed by atoms with Crippen molar-refractivity contribution in [2.75, 3.05) is 5.32 Å². The highest BCUT2D eigenvalue weighted by atomic mass is 35.5. The van der Waals surface area contributed by atoms with Crippen LogP contribution in [0.4, 0.5) is 10.1 Å². The molecular formula is C17H15ClFN3O2. The molecule has 2 aromatic rings. The highest BCUT2D eigenvalue weighted by Gasteiger charge is 2.07. The minimum atomic E-state index is -0.421. The molecule has 0 aliphatic heterocycles. The number of halogens is 2. The summed E-state index contributed by atoms with van der Waals surface area (Å²) in [5.74, 6) is -1.12. The number of carbonyl (C=O) groups excluding carboxylic acids is 2. The highest BCUT2D eigenvalue weighted by Crippen LogP contribution is 2.11. The van der Waals surface area contributed by atoms with E-state index in [0.717, 1.165) is 0 Å². The standard InChI is InChI=1S/C17H15ClFN3O2/c1-11(9-16(23)20-15-7-5-14(19)6-8-15)21-22-17(24)12-3-2-4-13(18)10-12/h2-8,10H,9H2,1H3,(H,20,23)(H,22,24)/b21-11+. The Labute approximate surface area is 143 Å². The number of benzene rings is 2. The second-order valence-electron chi connectivity index (χ2n) is 5.03. The molecule has 0 heterocycles. The van der Waals surface area contributed by atoms with Gasteiger partial charge in [0, 0.05) is 22.0 Å². The highest BCUT2D eigenvalue weighted by molar-refractivity contribution is 6.30. The number of carbonyl (C=O) groups is 2. The van der Waals surface area contributed by atoms with E-state index in [-0.39, 0.29) is 18.1 Å². The van der Waals surface area contributed by atoms with Crippen LogP contribution in [0.5, 0.6) is 0 Å². The van der Waals surface area contributed by atoms with Gasteiger partial charge in [-0.05, 0) is 49.4 Å². The maximum atomic E-state index is 12.8. The fourth-order valence-corrected chi connectivity index (χ4v) is 2.04. The number of nitrogens with one attached hydrogen (secondary N) is 2. The van der Waals surface area contributed by atoms with Crippen LogP contribution in [0.25, 0.3) is 0 Å². The Morgan fingerprint density at radius 3 is 2.54 bits per heavy atom. The lowest BCUT2D eigenvalue weighted by atomic mass is 10.2. The monoisotopic (exact) mass is 347 g/mol. The molecule has 0 aromatic heterocycles. The third-order valence-corrected chi connectivity index (χ3v) is 3.21. The van der Waals surface area contributed by atoms with Crippen molar-refractivity contribution in [1.82, 2.24) is 5.43 Å². The molecule has 2 rings (SSSR count). The SMILES string of the molecule is C/C(CC(=O)Nc1ccc(F)cc1)=N\NC(=O)c1cccc(Cl)c1. The fourth-order valence-electron chi connectivity index (χ4n) is 1.85. The fraction of sp³-hybridized carbons (Fsp3) is 0.118. The number of hydrazone groups is 1. The van der Waals surface area contributed by atoms with Crippen molar-refractivity contribution in [3.63, 3.8) is 0 Å². The lowest BCUT2D eigenvalue weighted by molar-refractivity contribution is -0.115. The lowest BCUT2D eigenvalue weighted by Crippen LogP contribution is -2.21. The molecular weight excluding hydrogens is 333 g/mol. The molecule has 0 saturated heterocycles. The molecule has 0 aliphatic rings. The van der Waals surface area contributed by atoms with Crippen molar-refractivity contribution in [1.29, 1.82) is 0 Å². The quantitative estimate of drug-likeness (QED) is 0.640. The van der Waals surface area contributed by atoms with Crippen molar-refractivity contribution < 1.29 is 14.0 Å². The summed E-state index contributed by atoms with van der Waals surface area (Å²) in [4.78, 5) is 23.7. The molecule has 0 atom stereocenters. The first-order valence-corrected chi connectivity index (χ1v) is 7.46. The van der Waals surface area contributed by atoms with E-state index in [1.54, 1.807) is 25.1 Å². The Morgan fingerprint density at radius 1 is 1.17 bits per heavy atom. The van der Waals surface area contributed by atoms with Crippen molar-refractivity contribution in [2.45, 2.75) is 13.3 Å². The average molecular weight is 348 g/mol. The number of nitrogens with zero attached hydrogens (tertiary/aromatic N) is 1. The third-order valence-electron chi connectivity index (χ3n) is 2.98. The first kappa shape index (κ1) is 17.6. The summed E-state index contributed by atoms with van der Waals surface area (Å²) < 4.78 is 12.8. The molecule has 0 fully saturated rings. The molecule has 0 radical (unpaired) electrons. The van der Waals surface area contributed by atoms with Gasteiger partial charge in [-0.1, -0.05) is 17.7 Å². The summed E-state index contributed by atoms with van der Waals surface area (Å²) in [6.45, 7) is 1.61. The summed E-state index contributed by atoms with van der Waals surface area (Å²) in [5.41, 5.74) is 3.64. The summed E-state index contributed by atoms with van der Waals surface area (Å²) in [6.07, 6.45) is -0.00674. The van der Waals surface area contributed by atoms with Crippen LogP contribution in [-0.2, 0) is 4.79 Å². The second kappa shape index (κ2) is 8.21. The Morgan fingerprint density at radius 2 is 1.88 bits per heavy atom. The van der Waals surface area contributed by atoms with E-state index in [1.165, 1.54) is 30.3 Å². The number of hydrogen-bond acceptors (Lipinski definition) is 3. The molecule has 2 amide bonds. The Bertz CT molecular complexity index is 776. The van der Waals surface area contributed by atoms with Crippen LogP contribution in [0.2, 0.25) is 5.02 Å². The van der Waals surface area contributed by atoms with Crippen molar-refractivity contribution in [3.05, 3.63) is 64.9 Å². The topological polar surface area (TPSA) is 70.6 Å². The van der Waals surface area contributed by atoms with Crippen molar-refractivity contribution in [2.24, 2.45) is 5.10 Å². The van der Waals surface area contributed by atoms with E-state index >= 15 is 0 Å². The number of rotatable bonds is 5. The minimum absolute atomic E-state index is 0.00674. The van der Waals surface area contributed by atoms with Gasteiger partial charge in [-0.3, -0.25) is 9.59 Å². The minimum Gasteiger partial charge on any atom is -0.326 e. The van der Waals surface area contributed by atoms with Gasteiger partial charge in [-0.25, -0.2) is 9.82 Å². The van der Waals surface area contributed by atoms with Gasteiger partial charge in [0.25, 0.3) is 5.91 Å². The zero-order chi connectivity index (χ0) is 17.5. The molecule has 0 spiro atoms. The molecule has 124 valence electrons. The van der Waals surface area contributed by atoms with Crippen molar-refractivity contribution in [3.8, 4) is 0 Å². The van der Waals surface area contributed by atoms with Gasteiger partial charge in [0.05, 0.1) is 6.42 Å². The summed E-state index contributed by atoms with van der Waals surface area (Å²) in [7, 11) is 0. The Kier molecular flexibility index (Phi) is 6.03. The molecule has 0 aliphatic carbocycles. The largest absolute Gasteiger partial charge is 0.326 e. The van der Waals surface area contributed by atoms with Crippen molar-refractivity contribution >= 4 is 34.8 Å². The normalized spacial score (nSPS) is 11.0. The predicted molar refractivity (Wildman–Crippen MR) is 91.7 cm³/mol. The molecule has 2 aromatic carbocycles. The van der Waals surface area contributed by atoms with Gasteiger partial charge in [0.2, 0.25) is 5.91 Å². The summed E-state index contributed by atoms with van der Waals surface area (Å²) in [6, 6.07) is 11.9. The predicted octanol–water partition coefficient (Wildman–Crippen LogP) is 3.61. The van der Waals surface area contributed by atoms with E-state index in [2.05, 4.69) is 15.8 Å². The Hall–Kier alpha value is -2.73. The van der Waals surface area contributed by atoms with E-state index < -0.39 is 5.91 Å². The number of amides is 2. The molecule has 2 N–H and O–H groups in total. The van der Waals surface area contributed by atoms with Crippen LogP contribution in [-0.4, -0.2) is 17.5 Å². The van der Waals surface area contributed by atoms with E-state index in [9.17, 15) is 14.0 Å². The van der Waals surface area contributed by atoms with Crippen LogP contribution >= 0.6 is 11.6 Å². The van der Waals surface area contributed by atoms with E-state index in [4.69, 9.17) is 11.6 Å². The van der Waals surface area contributed by atoms with E-state index in [1.807, 2.05) is 0 Å². The van der Waals surface area contributed by atoms with Gasteiger partial charge in [0.1, 0.15) is 5.82 Å². The van der Waals surface area contributed by atoms with Gasteiger partial charge in [-0.15, -0.1) is 0 Å². The lowest BCUT2D eigenvalue weighted by Gasteiger charge is -2.05. The maximum absolute atomic E-state index is 12.8. The molecule has 24 heavy (non-hydrogen) atoms. The maximum Gasteiger partial charge on any atom is 0.271 e. The van der Waals surface area contributed by atoms with Gasteiger partial charge < -0.3 is 5.32 Å². The zero-order valence-corrected chi connectivity index (χ0v) is 13.6.